The van der Waals surface area contributed by atoms with Crippen molar-refractivity contribution in [2.75, 3.05) is 19.6 Å². The van der Waals surface area contributed by atoms with Crippen LogP contribution in [-0.2, 0) is 0 Å². The summed E-state index contributed by atoms with van der Waals surface area (Å²) in [5.41, 5.74) is 2.41. The summed E-state index contributed by atoms with van der Waals surface area (Å²) in [6.45, 7) is 4.74. The lowest BCUT2D eigenvalue weighted by Gasteiger charge is -2.17. The van der Waals surface area contributed by atoms with E-state index in [-0.39, 0.29) is 5.91 Å². The molecule has 2 saturated heterocycles. The number of carbonyl (C=O) groups excluding carboxylic acids is 1. The minimum atomic E-state index is 0.109. The zero-order valence-electron chi connectivity index (χ0n) is 11.5. The molecule has 2 atom stereocenters. The Balaban J connectivity index is 1.67. The summed E-state index contributed by atoms with van der Waals surface area (Å²) in [7, 11) is 0. The van der Waals surface area contributed by atoms with Crippen LogP contribution in [0.1, 0.15) is 22.5 Å². The second-order valence-corrected chi connectivity index (χ2v) is 5.85. The Labute approximate surface area is 117 Å². The van der Waals surface area contributed by atoms with Gasteiger partial charge in [0.1, 0.15) is 5.65 Å². The van der Waals surface area contributed by atoms with Crippen LogP contribution in [0.4, 0.5) is 0 Å². The standard InChI is InChI=1S/C15H18N4O/c1-10-7-18-6-2-3-12(14(18)17-10)15(20)19-8-11-4-5-16-13(11)9-19/h2-3,6-7,11,13,16H,4-5,8-9H2,1H3/t11-,13+/m0/s1. The highest BCUT2D eigenvalue weighted by molar-refractivity contribution is 6.00. The van der Waals surface area contributed by atoms with Crippen molar-refractivity contribution in [2.45, 2.75) is 19.4 Å². The lowest BCUT2D eigenvalue weighted by Crippen LogP contribution is -2.34. The molecule has 2 aliphatic rings. The summed E-state index contributed by atoms with van der Waals surface area (Å²) in [4.78, 5) is 19.2. The summed E-state index contributed by atoms with van der Waals surface area (Å²) in [5, 5.41) is 3.48. The molecule has 2 aromatic heterocycles. The maximum atomic E-state index is 12.7. The number of imidazole rings is 1. The summed E-state index contributed by atoms with van der Waals surface area (Å²) in [5.74, 6) is 0.734. The van der Waals surface area contributed by atoms with Gasteiger partial charge in [-0.3, -0.25) is 4.79 Å². The van der Waals surface area contributed by atoms with E-state index in [4.69, 9.17) is 0 Å². The Morgan fingerprint density at radius 3 is 3.20 bits per heavy atom. The lowest BCUT2D eigenvalue weighted by molar-refractivity contribution is 0.0784. The molecule has 2 aromatic rings. The van der Waals surface area contributed by atoms with Crippen LogP contribution in [0.5, 0.6) is 0 Å². The smallest absolute Gasteiger partial charge is 0.257 e. The normalized spacial score (nSPS) is 25.4. The predicted molar refractivity (Wildman–Crippen MR) is 75.7 cm³/mol. The fourth-order valence-electron chi connectivity index (χ4n) is 3.49. The number of pyridine rings is 1. The highest BCUT2D eigenvalue weighted by Crippen LogP contribution is 2.26. The number of amides is 1. The highest BCUT2D eigenvalue weighted by Gasteiger charge is 2.38. The van der Waals surface area contributed by atoms with Crippen molar-refractivity contribution in [3.8, 4) is 0 Å². The molecule has 0 aliphatic carbocycles. The third kappa shape index (κ3) is 1.73. The molecule has 1 N–H and O–H groups in total. The first kappa shape index (κ1) is 11.9. The van der Waals surface area contributed by atoms with Gasteiger partial charge in [-0.2, -0.15) is 0 Å². The van der Waals surface area contributed by atoms with Gasteiger partial charge in [0, 0.05) is 31.5 Å². The van der Waals surface area contributed by atoms with Crippen LogP contribution in [0.15, 0.2) is 24.5 Å². The maximum absolute atomic E-state index is 12.7. The SMILES string of the molecule is Cc1cn2cccc(C(=O)N3C[C@@H]4CCN[C@@H]4C3)c2n1. The Hall–Kier alpha value is -1.88. The molecule has 0 saturated carbocycles. The van der Waals surface area contributed by atoms with Crippen LogP contribution >= 0.6 is 0 Å². The average Bonchev–Trinajstić information content (AvgIpc) is 3.08. The lowest BCUT2D eigenvalue weighted by atomic mass is 10.1. The Morgan fingerprint density at radius 2 is 2.35 bits per heavy atom. The van der Waals surface area contributed by atoms with Crippen molar-refractivity contribution in [3.05, 3.63) is 35.8 Å². The van der Waals surface area contributed by atoms with E-state index >= 15 is 0 Å². The summed E-state index contributed by atoms with van der Waals surface area (Å²) >= 11 is 0. The largest absolute Gasteiger partial charge is 0.337 e. The van der Waals surface area contributed by atoms with Gasteiger partial charge in [0.25, 0.3) is 5.91 Å². The average molecular weight is 270 g/mol. The van der Waals surface area contributed by atoms with Crippen LogP contribution in [0.3, 0.4) is 0 Å². The molecule has 4 rings (SSSR count). The number of nitrogens with zero attached hydrogens (tertiary/aromatic N) is 3. The van der Waals surface area contributed by atoms with E-state index in [0.717, 1.165) is 31.0 Å². The van der Waals surface area contributed by atoms with Crippen molar-refractivity contribution in [3.63, 3.8) is 0 Å². The number of fused-ring (bicyclic) bond motifs is 2. The molecule has 2 fully saturated rings. The molecule has 0 unspecified atom stereocenters. The molecular weight excluding hydrogens is 252 g/mol. The molecule has 5 nitrogen and oxygen atoms in total. The van der Waals surface area contributed by atoms with E-state index < -0.39 is 0 Å². The Morgan fingerprint density at radius 1 is 1.45 bits per heavy atom. The highest BCUT2D eigenvalue weighted by atomic mass is 16.2. The van der Waals surface area contributed by atoms with Gasteiger partial charge in [-0.05, 0) is 37.9 Å². The van der Waals surface area contributed by atoms with E-state index in [1.165, 1.54) is 6.42 Å². The number of hydrogen-bond acceptors (Lipinski definition) is 3. The molecule has 0 spiro atoms. The molecule has 4 heterocycles. The zero-order valence-corrected chi connectivity index (χ0v) is 11.5. The van der Waals surface area contributed by atoms with Crippen LogP contribution < -0.4 is 5.32 Å². The first-order valence-electron chi connectivity index (χ1n) is 7.19. The monoisotopic (exact) mass is 270 g/mol. The van der Waals surface area contributed by atoms with Gasteiger partial charge in [0.2, 0.25) is 0 Å². The van der Waals surface area contributed by atoms with Crippen LogP contribution in [0, 0.1) is 12.8 Å². The summed E-state index contributed by atoms with van der Waals surface area (Å²) < 4.78 is 1.93. The number of aromatic nitrogens is 2. The predicted octanol–water partition coefficient (Wildman–Crippen LogP) is 1.08. The van der Waals surface area contributed by atoms with E-state index in [9.17, 15) is 4.79 Å². The van der Waals surface area contributed by atoms with E-state index in [2.05, 4.69) is 10.3 Å². The molecule has 104 valence electrons. The van der Waals surface area contributed by atoms with Crippen LogP contribution in [-0.4, -0.2) is 45.9 Å². The van der Waals surface area contributed by atoms with Gasteiger partial charge in [-0.1, -0.05) is 0 Å². The van der Waals surface area contributed by atoms with Gasteiger partial charge >= 0.3 is 0 Å². The van der Waals surface area contributed by atoms with Crippen molar-refractivity contribution < 1.29 is 4.79 Å². The molecule has 20 heavy (non-hydrogen) atoms. The van der Waals surface area contributed by atoms with Gasteiger partial charge in [0.05, 0.1) is 11.3 Å². The molecular formula is C15H18N4O. The van der Waals surface area contributed by atoms with Gasteiger partial charge in [0.15, 0.2) is 0 Å². The number of nitrogens with one attached hydrogen (secondary N) is 1. The molecule has 2 aliphatic heterocycles. The second kappa shape index (κ2) is 4.31. The third-order valence-electron chi connectivity index (χ3n) is 4.48. The topological polar surface area (TPSA) is 49.6 Å². The van der Waals surface area contributed by atoms with Crippen LogP contribution in [0.25, 0.3) is 5.65 Å². The number of aryl methyl sites for hydroxylation is 1. The molecule has 0 radical (unpaired) electrons. The van der Waals surface area contributed by atoms with E-state index in [1.54, 1.807) is 0 Å². The van der Waals surface area contributed by atoms with E-state index in [1.807, 2.05) is 40.8 Å². The zero-order chi connectivity index (χ0) is 13.7. The molecule has 5 heteroatoms. The fourth-order valence-corrected chi connectivity index (χ4v) is 3.49. The van der Waals surface area contributed by atoms with E-state index in [0.29, 0.717) is 17.5 Å². The number of likely N-dealkylation sites (tertiary alicyclic amines) is 1. The second-order valence-electron chi connectivity index (χ2n) is 5.85. The number of carbonyl (C=O) groups is 1. The quantitative estimate of drug-likeness (QED) is 0.843. The van der Waals surface area contributed by atoms with Gasteiger partial charge < -0.3 is 14.6 Å². The van der Waals surface area contributed by atoms with Crippen LogP contribution in [0.2, 0.25) is 0 Å². The van der Waals surface area contributed by atoms with Crippen molar-refractivity contribution in [1.29, 1.82) is 0 Å². The summed E-state index contributed by atoms with van der Waals surface area (Å²) in [6.07, 6.45) is 5.07. The molecule has 1 amide bonds. The maximum Gasteiger partial charge on any atom is 0.257 e. The minimum absolute atomic E-state index is 0.109. The number of hydrogen-bond donors (Lipinski definition) is 1. The molecule has 0 aromatic carbocycles. The Kier molecular flexibility index (Phi) is 2.57. The van der Waals surface area contributed by atoms with Gasteiger partial charge in [-0.15, -0.1) is 0 Å². The van der Waals surface area contributed by atoms with Gasteiger partial charge in [-0.25, -0.2) is 4.98 Å². The van der Waals surface area contributed by atoms with Crippen molar-refractivity contribution in [1.82, 2.24) is 19.6 Å². The Bertz CT molecular complexity index is 666. The van der Waals surface area contributed by atoms with Crippen molar-refractivity contribution in [2.24, 2.45) is 5.92 Å². The van der Waals surface area contributed by atoms with Crippen molar-refractivity contribution >= 4 is 11.6 Å². The fraction of sp³-hybridized carbons (Fsp3) is 0.467. The first-order chi connectivity index (χ1) is 9.72. The first-order valence-corrected chi connectivity index (χ1v) is 7.19. The minimum Gasteiger partial charge on any atom is -0.337 e. The summed E-state index contributed by atoms with van der Waals surface area (Å²) in [6, 6.07) is 4.28. The third-order valence-corrected chi connectivity index (χ3v) is 4.48. The number of rotatable bonds is 1. The molecule has 0 bridgehead atoms.